The molecule has 1 unspecified atom stereocenters. The first-order valence-corrected chi connectivity index (χ1v) is 12.5. The number of rotatable bonds is 8. The van der Waals surface area contributed by atoms with Crippen molar-refractivity contribution in [3.05, 3.63) is 101 Å². The Hall–Kier alpha value is -3.97. The lowest BCUT2D eigenvalue weighted by molar-refractivity contribution is 0.0502. The second kappa shape index (κ2) is 11.0. The maximum Gasteiger partial charge on any atom is 0.257 e. The summed E-state index contributed by atoms with van der Waals surface area (Å²) in [5, 5.41) is 4.78. The van der Waals surface area contributed by atoms with Crippen LogP contribution in [0, 0.1) is 12.7 Å². The Morgan fingerprint density at radius 2 is 1.89 bits per heavy atom. The molecule has 0 N–H and O–H groups in total. The number of benzene rings is 3. The summed E-state index contributed by atoms with van der Waals surface area (Å²) in [6, 6.07) is 23.7. The maximum absolute atomic E-state index is 14.7. The van der Waals surface area contributed by atoms with Crippen LogP contribution in [0.2, 0.25) is 0 Å². The number of carbonyl (C=O) groups is 1. The second-order valence-corrected chi connectivity index (χ2v) is 9.34. The Labute approximate surface area is 216 Å². The van der Waals surface area contributed by atoms with Crippen LogP contribution in [0.3, 0.4) is 0 Å². The third-order valence-electron chi connectivity index (χ3n) is 6.53. The number of ether oxygens (including phenoxy) is 2. The smallest absolute Gasteiger partial charge is 0.257 e. The number of carbonyl (C=O) groups excluding carboxylic acids is 1. The molecule has 2 heterocycles. The van der Waals surface area contributed by atoms with Crippen molar-refractivity contribution in [3.8, 4) is 22.9 Å². The van der Waals surface area contributed by atoms with E-state index in [-0.39, 0.29) is 18.2 Å². The van der Waals surface area contributed by atoms with Crippen molar-refractivity contribution < 1.29 is 18.7 Å². The fourth-order valence-corrected chi connectivity index (χ4v) is 4.69. The van der Waals surface area contributed by atoms with Gasteiger partial charge in [-0.25, -0.2) is 9.07 Å². The first-order chi connectivity index (χ1) is 18.0. The first kappa shape index (κ1) is 24.7. The zero-order valence-corrected chi connectivity index (χ0v) is 21.1. The first-order valence-electron chi connectivity index (χ1n) is 12.5. The van der Waals surface area contributed by atoms with E-state index in [0.717, 1.165) is 29.5 Å². The highest BCUT2D eigenvalue weighted by Gasteiger charge is 2.29. The van der Waals surface area contributed by atoms with Crippen LogP contribution >= 0.6 is 0 Å². The molecule has 190 valence electrons. The number of nitrogens with zero attached hydrogens (tertiary/aromatic N) is 3. The van der Waals surface area contributed by atoms with Crippen molar-refractivity contribution in [2.45, 2.75) is 32.4 Å². The molecule has 1 aliphatic heterocycles. The van der Waals surface area contributed by atoms with Crippen molar-refractivity contribution in [2.75, 3.05) is 13.2 Å². The van der Waals surface area contributed by atoms with Gasteiger partial charge < -0.3 is 14.4 Å². The predicted octanol–water partition coefficient (Wildman–Crippen LogP) is 6.15. The van der Waals surface area contributed by atoms with Crippen molar-refractivity contribution in [1.29, 1.82) is 0 Å². The molecule has 0 aliphatic carbocycles. The van der Waals surface area contributed by atoms with Crippen molar-refractivity contribution in [1.82, 2.24) is 14.7 Å². The van der Waals surface area contributed by atoms with E-state index in [1.54, 1.807) is 21.7 Å². The number of aryl methyl sites for hydroxylation is 2. The minimum atomic E-state index is -0.546. The van der Waals surface area contributed by atoms with E-state index in [2.05, 4.69) is 0 Å². The third kappa shape index (κ3) is 5.57. The molecule has 0 bridgehead atoms. The molecule has 1 aromatic heterocycles. The molecule has 0 radical (unpaired) electrons. The van der Waals surface area contributed by atoms with Gasteiger partial charge in [0.25, 0.3) is 5.91 Å². The van der Waals surface area contributed by atoms with Crippen LogP contribution in [-0.2, 0) is 18.3 Å². The largest absolute Gasteiger partial charge is 0.439 e. The van der Waals surface area contributed by atoms with Gasteiger partial charge in [0, 0.05) is 25.8 Å². The normalized spacial score (nSPS) is 15.1. The molecule has 7 heteroatoms. The summed E-state index contributed by atoms with van der Waals surface area (Å²) in [4.78, 5) is 15.3. The van der Waals surface area contributed by atoms with E-state index in [0.29, 0.717) is 30.5 Å². The Bertz CT molecular complexity index is 1380. The third-order valence-corrected chi connectivity index (χ3v) is 6.53. The Morgan fingerprint density at radius 3 is 2.62 bits per heavy atom. The topological polar surface area (TPSA) is 56.6 Å². The molecule has 0 saturated carbocycles. The van der Waals surface area contributed by atoms with Crippen LogP contribution in [0.1, 0.15) is 34.3 Å². The van der Waals surface area contributed by atoms with Gasteiger partial charge in [-0.15, -0.1) is 0 Å². The van der Waals surface area contributed by atoms with Gasteiger partial charge in [0.15, 0.2) is 0 Å². The van der Waals surface area contributed by atoms with Crippen LogP contribution in [0.25, 0.3) is 11.3 Å². The van der Waals surface area contributed by atoms with Gasteiger partial charge in [0.05, 0.1) is 23.8 Å². The van der Waals surface area contributed by atoms with Crippen molar-refractivity contribution in [2.24, 2.45) is 7.05 Å². The van der Waals surface area contributed by atoms with Gasteiger partial charge in [-0.05, 0) is 49.6 Å². The fraction of sp³-hybridized carbons (Fsp3) is 0.267. The summed E-state index contributed by atoms with van der Waals surface area (Å²) < 4.78 is 28.6. The van der Waals surface area contributed by atoms with Crippen LogP contribution in [0.15, 0.2) is 78.9 Å². The van der Waals surface area contributed by atoms with E-state index in [1.165, 1.54) is 12.1 Å². The summed E-state index contributed by atoms with van der Waals surface area (Å²) >= 11 is 0. The Kier molecular flexibility index (Phi) is 7.32. The molecular formula is C30H30FN3O3. The molecule has 37 heavy (non-hydrogen) atoms. The molecule has 3 aromatic carbocycles. The molecule has 5 rings (SSSR count). The fourth-order valence-electron chi connectivity index (χ4n) is 4.69. The zero-order chi connectivity index (χ0) is 25.8. The maximum atomic E-state index is 14.7. The molecule has 4 aromatic rings. The lowest BCUT2D eigenvalue weighted by Crippen LogP contribution is -2.37. The van der Waals surface area contributed by atoms with Crippen LogP contribution in [0.5, 0.6) is 11.6 Å². The van der Waals surface area contributed by atoms with E-state index >= 15 is 0 Å². The quantitative estimate of drug-likeness (QED) is 0.292. The van der Waals surface area contributed by atoms with Gasteiger partial charge in [-0.3, -0.25) is 4.79 Å². The number of hydrogen-bond donors (Lipinski definition) is 0. The summed E-state index contributed by atoms with van der Waals surface area (Å²) in [5.41, 5.74) is 3.47. The highest BCUT2D eigenvalue weighted by molar-refractivity contribution is 5.94. The average Bonchev–Trinajstić information content (AvgIpc) is 3.52. The summed E-state index contributed by atoms with van der Waals surface area (Å²) in [7, 11) is 1.82. The van der Waals surface area contributed by atoms with Crippen molar-refractivity contribution >= 4 is 5.91 Å². The molecular weight excluding hydrogens is 469 g/mol. The summed E-state index contributed by atoms with van der Waals surface area (Å²) in [6.45, 7) is 3.20. The van der Waals surface area contributed by atoms with E-state index < -0.39 is 11.7 Å². The van der Waals surface area contributed by atoms with Gasteiger partial charge in [0.2, 0.25) is 5.88 Å². The van der Waals surface area contributed by atoms with Gasteiger partial charge in [-0.1, -0.05) is 54.6 Å². The lowest BCUT2D eigenvalue weighted by atomic mass is 10.1. The molecule has 1 fully saturated rings. The zero-order valence-electron chi connectivity index (χ0n) is 21.1. The van der Waals surface area contributed by atoms with Crippen LogP contribution in [0.4, 0.5) is 4.39 Å². The number of amides is 1. The van der Waals surface area contributed by atoms with E-state index in [9.17, 15) is 9.18 Å². The minimum Gasteiger partial charge on any atom is -0.439 e. The standard InChI is InChI=1S/C30H30FN3O3/c1-21-10-8-13-23(18-21)37-30-26(28(32-33(30)2)22-11-4-3-5-12-22)20-34(19-24-14-9-17-36-24)29(35)25-15-6-7-16-27(25)31/h3-8,10-13,15-16,18,24H,9,14,17,19-20H2,1-2H3. The highest BCUT2D eigenvalue weighted by atomic mass is 19.1. The van der Waals surface area contributed by atoms with Gasteiger partial charge in [-0.2, -0.15) is 5.10 Å². The second-order valence-electron chi connectivity index (χ2n) is 9.34. The molecule has 1 amide bonds. The van der Waals surface area contributed by atoms with Gasteiger partial charge in [0.1, 0.15) is 17.3 Å². The van der Waals surface area contributed by atoms with Gasteiger partial charge >= 0.3 is 0 Å². The summed E-state index contributed by atoms with van der Waals surface area (Å²) in [5.74, 6) is 0.270. The highest BCUT2D eigenvalue weighted by Crippen LogP contribution is 2.35. The molecule has 0 spiro atoms. The van der Waals surface area contributed by atoms with E-state index in [1.807, 2.05) is 68.6 Å². The lowest BCUT2D eigenvalue weighted by Gasteiger charge is -2.26. The average molecular weight is 500 g/mol. The van der Waals surface area contributed by atoms with Crippen molar-refractivity contribution in [3.63, 3.8) is 0 Å². The number of aromatic nitrogens is 2. The Balaban J connectivity index is 1.57. The number of hydrogen-bond acceptors (Lipinski definition) is 4. The molecule has 1 atom stereocenters. The Morgan fingerprint density at radius 1 is 1.11 bits per heavy atom. The van der Waals surface area contributed by atoms with Crippen LogP contribution < -0.4 is 4.74 Å². The number of halogens is 1. The SMILES string of the molecule is Cc1cccc(Oc2c(CN(CC3CCCO3)C(=O)c3ccccc3F)c(-c3ccccc3)nn2C)c1. The molecule has 1 saturated heterocycles. The summed E-state index contributed by atoms with van der Waals surface area (Å²) in [6.07, 6.45) is 1.69. The molecule has 1 aliphatic rings. The molecule has 6 nitrogen and oxygen atoms in total. The van der Waals surface area contributed by atoms with Crippen LogP contribution in [-0.4, -0.2) is 39.8 Å². The van der Waals surface area contributed by atoms with E-state index in [4.69, 9.17) is 14.6 Å². The monoisotopic (exact) mass is 499 g/mol. The minimum absolute atomic E-state index is 0.0341. The predicted molar refractivity (Wildman–Crippen MR) is 140 cm³/mol.